The molecule has 0 saturated carbocycles. The van der Waals surface area contributed by atoms with Gasteiger partial charge in [0.1, 0.15) is 5.75 Å². The van der Waals surface area contributed by atoms with Crippen molar-refractivity contribution < 1.29 is 9.53 Å². The van der Waals surface area contributed by atoms with Gasteiger partial charge in [0.15, 0.2) is 0 Å². The summed E-state index contributed by atoms with van der Waals surface area (Å²) in [5, 5.41) is 8.18. The number of ether oxygens (including phenoxy) is 1. The molecule has 9 heteroatoms. The molecule has 4 rings (SSSR count). The van der Waals surface area contributed by atoms with Gasteiger partial charge in [-0.1, -0.05) is 23.5 Å². The highest BCUT2D eigenvalue weighted by molar-refractivity contribution is 7.20. The molecule has 2 aromatic heterocycles. The predicted octanol–water partition coefficient (Wildman–Crippen LogP) is 2.00. The summed E-state index contributed by atoms with van der Waals surface area (Å²) < 4.78 is 6.49. The number of hydrogen-bond acceptors (Lipinski definition) is 7. The lowest BCUT2D eigenvalue weighted by Crippen LogP contribution is -2.43. The van der Waals surface area contributed by atoms with Crippen molar-refractivity contribution in [2.24, 2.45) is 5.92 Å². The SMILES string of the molecule is COc1ccc(CNC(=O)[C@@H]2CCCN(c3nn4c(=O)cc(C)nc4s3)C2)cc1. The lowest BCUT2D eigenvalue weighted by Gasteiger charge is -2.31. The Bertz CT molecular complexity index is 1080. The Kier molecular flexibility index (Phi) is 5.48. The lowest BCUT2D eigenvalue weighted by atomic mass is 9.97. The second-order valence-corrected chi connectivity index (χ2v) is 8.10. The van der Waals surface area contributed by atoms with E-state index in [2.05, 4.69) is 20.3 Å². The highest BCUT2D eigenvalue weighted by Crippen LogP contribution is 2.27. The number of carbonyl (C=O) groups is 1. The second kappa shape index (κ2) is 8.20. The molecule has 1 aliphatic heterocycles. The molecule has 3 aromatic rings. The van der Waals surface area contributed by atoms with E-state index in [9.17, 15) is 9.59 Å². The molecule has 1 saturated heterocycles. The Morgan fingerprint density at radius 2 is 2.14 bits per heavy atom. The highest BCUT2D eigenvalue weighted by Gasteiger charge is 2.27. The van der Waals surface area contributed by atoms with Crippen LogP contribution in [0.15, 0.2) is 35.1 Å². The maximum atomic E-state index is 12.7. The lowest BCUT2D eigenvalue weighted by molar-refractivity contribution is -0.125. The van der Waals surface area contributed by atoms with Crippen LogP contribution in [-0.2, 0) is 11.3 Å². The standard InChI is InChI=1S/C20H23N5O3S/c1-13-10-17(26)25-19(22-13)29-20(23-25)24-9-3-4-15(12-24)18(27)21-11-14-5-7-16(28-2)8-6-14/h5-8,10,15H,3-4,9,11-12H2,1-2H3,(H,21,27)/t15-/m1/s1. The minimum Gasteiger partial charge on any atom is -0.497 e. The summed E-state index contributed by atoms with van der Waals surface area (Å²) in [6.45, 7) is 3.68. The molecule has 0 aliphatic carbocycles. The molecule has 1 N–H and O–H groups in total. The van der Waals surface area contributed by atoms with E-state index in [1.165, 1.54) is 21.9 Å². The molecule has 1 atom stereocenters. The summed E-state index contributed by atoms with van der Waals surface area (Å²) in [5.74, 6) is 0.723. The Morgan fingerprint density at radius 3 is 2.90 bits per heavy atom. The fourth-order valence-corrected chi connectivity index (χ4v) is 4.47. The van der Waals surface area contributed by atoms with Crippen molar-refractivity contribution >= 4 is 27.3 Å². The van der Waals surface area contributed by atoms with Gasteiger partial charge >= 0.3 is 0 Å². The van der Waals surface area contributed by atoms with Crippen molar-refractivity contribution in [3.8, 4) is 5.75 Å². The molecule has 1 fully saturated rings. The number of hydrogen-bond donors (Lipinski definition) is 1. The van der Waals surface area contributed by atoms with E-state index >= 15 is 0 Å². The van der Waals surface area contributed by atoms with Crippen LogP contribution in [0, 0.1) is 12.8 Å². The second-order valence-electron chi connectivity index (χ2n) is 7.17. The van der Waals surface area contributed by atoms with Crippen molar-refractivity contribution in [1.29, 1.82) is 0 Å². The number of methoxy groups -OCH3 is 1. The van der Waals surface area contributed by atoms with E-state index in [1.807, 2.05) is 24.3 Å². The van der Waals surface area contributed by atoms with Crippen LogP contribution in [0.4, 0.5) is 5.13 Å². The highest BCUT2D eigenvalue weighted by atomic mass is 32.1. The number of benzene rings is 1. The first kappa shape index (κ1) is 19.4. The van der Waals surface area contributed by atoms with Crippen LogP contribution >= 0.6 is 11.3 Å². The van der Waals surface area contributed by atoms with Crippen LogP contribution in [0.25, 0.3) is 4.96 Å². The van der Waals surface area contributed by atoms with E-state index in [0.29, 0.717) is 23.7 Å². The van der Waals surface area contributed by atoms with Crippen molar-refractivity contribution in [1.82, 2.24) is 19.9 Å². The number of fused-ring (bicyclic) bond motifs is 1. The number of anilines is 1. The van der Waals surface area contributed by atoms with E-state index in [1.54, 1.807) is 14.0 Å². The molecule has 152 valence electrons. The Balaban J connectivity index is 1.41. The molecule has 29 heavy (non-hydrogen) atoms. The molecule has 8 nitrogen and oxygen atoms in total. The van der Waals surface area contributed by atoms with Gasteiger partial charge < -0.3 is 15.0 Å². The smallest absolute Gasteiger partial charge is 0.275 e. The summed E-state index contributed by atoms with van der Waals surface area (Å²) >= 11 is 1.38. The normalized spacial score (nSPS) is 16.8. The fraction of sp³-hybridized carbons (Fsp3) is 0.400. The van der Waals surface area contributed by atoms with Gasteiger partial charge in [0, 0.05) is 31.4 Å². The third-order valence-electron chi connectivity index (χ3n) is 5.05. The van der Waals surface area contributed by atoms with Crippen molar-refractivity contribution in [3.63, 3.8) is 0 Å². The summed E-state index contributed by atoms with van der Waals surface area (Å²) in [5.41, 5.74) is 1.53. The van der Waals surface area contributed by atoms with Crippen LogP contribution in [-0.4, -0.2) is 40.7 Å². The maximum absolute atomic E-state index is 12.7. The predicted molar refractivity (Wildman–Crippen MR) is 112 cm³/mol. The maximum Gasteiger partial charge on any atom is 0.275 e. The number of nitrogens with zero attached hydrogens (tertiary/aromatic N) is 4. The fourth-order valence-electron chi connectivity index (χ4n) is 3.48. The van der Waals surface area contributed by atoms with E-state index in [0.717, 1.165) is 35.8 Å². The monoisotopic (exact) mass is 413 g/mol. The summed E-state index contributed by atoms with van der Waals surface area (Å²) in [4.78, 5) is 31.8. The zero-order valence-electron chi connectivity index (χ0n) is 16.4. The molecule has 1 amide bonds. The Labute approximate surface area is 172 Å². The quantitative estimate of drug-likeness (QED) is 0.688. The molecule has 1 aliphatic rings. The van der Waals surface area contributed by atoms with Crippen LogP contribution in [0.1, 0.15) is 24.1 Å². The van der Waals surface area contributed by atoms with Crippen molar-refractivity contribution in [3.05, 3.63) is 51.9 Å². The third-order valence-corrected chi connectivity index (χ3v) is 6.02. The number of amides is 1. The topological polar surface area (TPSA) is 88.8 Å². The van der Waals surface area contributed by atoms with Gasteiger partial charge in [-0.2, -0.15) is 4.52 Å². The number of nitrogens with one attached hydrogen (secondary N) is 1. The molecule has 0 bridgehead atoms. The zero-order valence-corrected chi connectivity index (χ0v) is 17.2. The largest absolute Gasteiger partial charge is 0.497 e. The summed E-state index contributed by atoms with van der Waals surface area (Å²) in [6.07, 6.45) is 1.74. The molecular formula is C20H23N5O3S. The molecule has 0 spiro atoms. The first-order valence-electron chi connectivity index (χ1n) is 9.56. The number of carbonyl (C=O) groups excluding carboxylic acids is 1. The van der Waals surface area contributed by atoms with Gasteiger partial charge in [-0.15, -0.1) is 5.10 Å². The van der Waals surface area contributed by atoms with E-state index < -0.39 is 0 Å². The van der Waals surface area contributed by atoms with Gasteiger partial charge in [-0.25, -0.2) is 4.98 Å². The van der Waals surface area contributed by atoms with Crippen LogP contribution in [0.5, 0.6) is 5.75 Å². The number of aryl methyl sites for hydroxylation is 1. The summed E-state index contributed by atoms with van der Waals surface area (Å²) in [6, 6.07) is 9.13. The van der Waals surface area contributed by atoms with Gasteiger partial charge in [0.05, 0.1) is 13.0 Å². The van der Waals surface area contributed by atoms with Crippen molar-refractivity contribution in [2.45, 2.75) is 26.3 Å². The molecule has 1 aromatic carbocycles. The number of piperidine rings is 1. The van der Waals surface area contributed by atoms with E-state index in [-0.39, 0.29) is 17.4 Å². The molecule has 0 unspecified atom stereocenters. The van der Waals surface area contributed by atoms with Crippen molar-refractivity contribution in [2.75, 3.05) is 25.1 Å². The van der Waals surface area contributed by atoms with Crippen LogP contribution < -0.4 is 20.5 Å². The molecule has 0 radical (unpaired) electrons. The van der Waals surface area contributed by atoms with Crippen LogP contribution in [0.3, 0.4) is 0 Å². The summed E-state index contributed by atoms with van der Waals surface area (Å²) in [7, 11) is 1.63. The Morgan fingerprint density at radius 1 is 1.34 bits per heavy atom. The van der Waals surface area contributed by atoms with E-state index in [4.69, 9.17) is 4.74 Å². The third kappa shape index (κ3) is 4.24. The van der Waals surface area contributed by atoms with Gasteiger partial charge in [-0.05, 0) is 37.5 Å². The van der Waals surface area contributed by atoms with Crippen LogP contribution in [0.2, 0.25) is 0 Å². The number of rotatable bonds is 5. The first-order valence-corrected chi connectivity index (χ1v) is 10.4. The molecule has 3 heterocycles. The van der Waals surface area contributed by atoms with Gasteiger partial charge in [0.2, 0.25) is 16.0 Å². The molecular weight excluding hydrogens is 390 g/mol. The minimum atomic E-state index is -0.180. The van der Waals surface area contributed by atoms with Gasteiger partial charge in [0.25, 0.3) is 5.56 Å². The number of aromatic nitrogens is 3. The average Bonchev–Trinajstić information content (AvgIpc) is 3.17. The minimum absolute atomic E-state index is 0.0396. The first-order chi connectivity index (χ1) is 14.0. The van der Waals surface area contributed by atoms with Gasteiger partial charge in [-0.3, -0.25) is 9.59 Å². The average molecular weight is 414 g/mol. The zero-order chi connectivity index (χ0) is 20.4. The Hall–Kier alpha value is -2.94.